The lowest BCUT2D eigenvalue weighted by Crippen LogP contribution is -2.35. The van der Waals surface area contributed by atoms with Gasteiger partial charge in [-0.25, -0.2) is 9.37 Å². The highest BCUT2D eigenvalue weighted by molar-refractivity contribution is 6.35. The van der Waals surface area contributed by atoms with E-state index in [9.17, 15) is 9.18 Å². The normalized spacial score (nSPS) is 15.3. The summed E-state index contributed by atoms with van der Waals surface area (Å²) in [6.07, 6.45) is 1.85. The van der Waals surface area contributed by atoms with Gasteiger partial charge >= 0.3 is 0 Å². The van der Waals surface area contributed by atoms with Crippen molar-refractivity contribution in [1.82, 2.24) is 4.98 Å². The first-order valence-corrected chi connectivity index (χ1v) is 8.45. The fourth-order valence-electron chi connectivity index (χ4n) is 3.47. The zero-order valence-corrected chi connectivity index (χ0v) is 13.8. The van der Waals surface area contributed by atoms with Crippen molar-refractivity contribution in [2.45, 2.75) is 0 Å². The summed E-state index contributed by atoms with van der Waals surface area (Å²) < 4.78 is 13.2. The topological polar surface area (TPSA) is 45.6 Å². The molecule has 26 heavy (non-hydrogen) atoms. The van der Waals surface area contributed by atoms with Crippen LogP contribution in [-0.4, -0.2) is 29.7 Å². The molecule has 0 saturated carbocycles. The van der Waals surface area contributed by atoms with E-state index in [2.05, 4.69) is 4.99 Å². The van der Waals surface area contributed by atoms with E-state index >= 15 is 0 Å². The third-order valence-corrected chi connectivity index (χ3v) is 4.72. The second-order valence-corrected chi connectivity index (χ2v) is 6.34. The first-order chi connectivity index (χ1) is 12.7. The quantitative estimate of drug-likeness (QED) is 0.664. The van der Waals surface area contributed by atoms with Crippen molar-refractivity contribution in [2.75, 3.05) is 18.0 Å². The number of carbonyl (C=O) groups is 1. The van der Waals surface area contributed by atoms with Gasteiger partial charge in [0, 0.05) is 23.1 Å². The van der Waals surface area contributed by atoms with E-state index in [0.29, 0.717) is 30.1 Å². The van der Waals surface area contributed by atoms with Gasteiger partial charge in [0.2, 0.25) is 0 Å². The van der Waals surface area contributed by atoms with Gasteiger partial charge in [-0.3, -0.25) is 9.79 Å². The van der Waals surface area contributed by atoms with Gasteiger partial charge in [0.25, 0.3) is 0 Å². The van der Waals surface area contributed by atoms with Gasteiger partial charge in [-0.1, -0.05) is 18.2 Å². The van der Waals surface area contributed by atoms with Crippen LogP contribution in [0.25, 0.3) is 17.0 Å². The molecule has 2 aliphatic heterocycles. The van der Waals surface area contributed by atoms with Crippen LogP contribution in [0.2, 0.25) is 0 Å². The van der Waals surface area contributed by atoms with Crippen LogP contribution in [0.3, 0.4) is 0 Å². The third kappa shape index (κ3) is 2.24. The van der Waals surface area contributed by atoms with Crippen molar-refractivity contribution in [1.29, 1.82) is 0 Å². The van der Waals surface area contributed by atoms with Crippen LogP contribution in [0.1, 0.15) is 15.9 Å². The molecule has 0 N–H and O–H groups in total. The Kier molecular flexibility index (Phi) is 3.22. The highest BCUT2D eigenvalue weighted by atomic mass is 19.1. The lowest BCUT2D eigenvalue weighted by atomic mass is 9.96. The van der Waals surface area contributed by atoms with Gasteiger partial charge in [-0.05, 0) is 42.5 Å². The number of benzene rings is 2. The number of amidine groups is 1. The van der Waals surface area contributed by atoms with Crippen molar-refractivity contribution < 1.29 is 9.18 Å². The highest BCUT2D eigenvalue weighted by Gasteiger charge is 2.32. The van der Waals surface area contributed by atoms with Crippen LogP contribution >= 0.6 is 0 Å². The SMILES string of the molecule is O=C(C1=Cc2cc3ccccc3nc2N2CCN=C12)c1ccc(F)cc1. The Labute approximate surface area is 149 Å². The first-order valence-electron chi connectivity index (χ1n) is 8.45. The Morgan fingerprint density at radius 1 is 1.08 bits per heavy atom. The summed E-state index contributed by atoms with van der Waals surface area (Å²) in [5.41, 5.74) is 2.79. The summed E-state index contributed by atoms with van der Waals surface area (Å²) >= 11 is 0. The lowest BCUT2D eigenvalue weighted by molar-refractivity contribution is 0.104. The van der Waals surface area contributed by atoms with Crippen LogP contribution < -0.4 is 4.90 Å². The number of ketones is 1. The molecule has 5 rings (SSSR count). The zero-order valence-electron chi connectivity index (χ0n) is 13.8. The van der Waals surface area contributed by atoms with Crippen LogP contribution in [-0.2, 0) is 0 Å². The first kappa shape index (κ1) is 15.0. The Morgan fingerprint density at radius 3 is 2.73 bits per heavy atom. The molecule has 0 unspecified atom stereocenters. The number of Topliss-reactive ketones (excluding diaryl/α,β-unsaturated/α-hetero) is 1. The van der Waals surface area contributed by atoms with E-state index in [-0.39, 0.29) is 11.6 Å². The minimum Gasteiger partial charge on any atom is -0.308 e. The number of carbonyl (C=O) groups excluding carboxylic acids is 1. The zero-order chi connectivity index (χ0) is 17.7. The lowest BCUT2D eigenvalue weighted by Gasteiger charge is -2.27. The van der Waals surface area contributed by atoms with Gasteiger partial charge < -0.3 is 4.90 Å². The molecule has 0 fully saturated rings. The number of hydrogen-bond acceptors (Lipinski definition) is 4. The highest BCUT2D eigenvalue weighted by Crippen LogP contribution is 2.34. The molecule has 0 bridgehead atoms. The summed E-state index contributed by atoms with van der Waals surface area (Å²) in [5.74, 6) is 0.958. The maximum Gasteiger partial charge on any atom is 0.196 e. The molecule has 0 spiro atoms. The van der Waals surface area contributed by atoms with Gasteiger partial charge in [0.05, 0.1) is 17.6 Å². The fourth-order valence-corrected chi connectivity index (χ4v) is 3.47. The predicted octanol–water partition coefficient (Wildman–Crippen LogP) is 3.87. The molecule has 0 radical (unpaired) electrons. The van der Waals surface area contributed by atoms with Crippen LogP contribution in [0.4, 0.5) is 10.2 Å². The smallest absolute Gasteiger partial charge is 0.196 e. The molecule has 3 heterocycles. The maximum atomic E-state index is 13.2. The van der Waals surface area contributed by atoms with E-state index in [1.807, 2.05) is 41.3 Å². The van der Waals surface area contributed by atoms with Crippen LogP contribution in [0.15, 0.2) is 65.2 Å². The van der Waals surface area contributed by atoms with Gasteiger partial charge in [-0.2, -0.15) is 0 Å². The summed E-state index contributed by atoms with van der Waals surface area (Å²) in [4.78, 5) is 24.3. The summed E-state index contributed by atoms with van der Waals surface area (Å²) in [6, 6.07) is 15.6. The van der Waals surface area contributed by atoms with Crippen molar-refractivity contribution in [3.05, 3.63) is 77.1 Å². The van der Waals surface area contributed by atoms with E-state index in [1.165, 1.54) is 24.3 Å². The summed E-state index contributed by atoms with van der Waals surface area (Å²) in [7, 11) is 0. The Bertz CT molecular complexity index is 1120. The Morgan fingerprint density at radius 2 is 1.88 bits per heavy atom. The maximum absolute atomic E-state index is 13.2. The number of nitrogens with zero attached hydrogens (tertiary/aromatic N) is 3. The van der Waals surface area contributed by atoms with Gasteiger partial charge in [0.1, 0.15) is 17.5 Å². The summed E-state index contributed by atoms with van der Waals surface area (Å²) in [6.45, 7) is 1.32. The number of anilines is 1. The second kappa shape index (κ2) is 5.59. The van der Waals surface area contributed by atoms with Crippen molar-refractivity contribution in [2.24, 2.45) is 4.99 Å². The average molecular weight is 343 g/mol. The number of fused-ring (bicyclic) bond motifs is 4. The molecule has 0 amide bonds. The minimum atomic E-state index is -0.361. The standard InChI is InChI=1S/C21H14FN3O/c22-16-7-5-13(6-8-16)19(26)17-12-15-11-14-3-1-2-4-18(14)24-20(15)25-10-9-23-21(17)25/h1-8,11-12H,9-10H2. The number of rotatable bonds is 2. The Hall–Kier alpha value is -3.34. The van der Waals surface area contributed by atoms with Crippen LogP contribution in [0, 0.1) is 5.82 Å². The average Bonchev–Trinajstić information content (AvgIpc) is 3.16. The van der Waals surface area contributed by atoms with E-state index in [1.54, 1.807) is 0 Å². The number of pyridine rings is 1. The van der Waals surface area contributed by atoms with Gasteiger partial charge in [0.15, 0.2) is 5.78 Å². The Balaban J connectivity index is 1.68. The van der Waals surface area contributed by atoms with Crippen molar-refractivity contribution in [3.63, 3.8) is 0 Å². The molecule has 126 valence electrons. The van der Waals surface area contributed by atoms with E-state index in [0.717, 1.165) is 22.3 Å². The number of halogens is 1. The molecular weight excluding hydrogens is 329 g/mol. The number of aromatic nitrogens is 1. The van der Waals surface area contributed by atoms with Crippen LogP contribution in [0.5, 0.6) is 0 Å². The molecule has 3 aromatic rings. The molecule has 2 aliphatic rings. The van der Waals surface area contributed by atoms with E-state index in [4.69, 9.17) is 4.98 Å². The molecule has 2 aromatic carbocycles. The largest absolute Gasteiger partial charge is 0.308 e. The molecule has 0 atom stereocenters. The molecule has 0 saturated heterocycles. The number of para-hydroxylation sites is 1. The molecule has 4 nitrogen and oxygen atoms in total. The predicted molar refractivity (Wildman–Crippen MR) is 100 cm³/mol. The fraction of sp³-hybridized carbons (Fsp3) is 0.0952. The third-order valence-electron chi connectivity index (χ3n) is 4.72. The van der Waals surface area contributed by atoms with Gasteiger partial charge in [-0.15, -0.1) is 0 Å². The molecule has 5 heteroatoms. The summed E-state index contributed by atoms with van der Waals surface area (Å²) in [5, 5.41) is 1.02. The number of hydrogen-bond donors (Lipinski definition) is 0. The molecule has 1 aromatic heterocycles. The van der Waals surface area contributed by atoms with E-state index < -0.39 is 0 Å². The molecule has 0 aliphatic carbocycles. The van der Waals surface area contributed by atoms with Crippen molar-refractivity contribution in [3.8, 4) is 0 Å². The number of aliphatic imine (C=N–C) groups is 1. The second-order valence-electron chi connectivity index (χ2n) is 6.34. The molecular formula is C21H14FN3O. The minimum absolute atomic E-state index is 0.158. The monoisotopic (exact) mass is 343 g/mol. The van der Waals surface area contributed by atoms with Crippen molar-refractivity contribution >= 4 is 34.4 Å².